The number of hydrogen-bond acceptors (Lipinski definition) is 5. The van der Waals surface area contributed by atoms with Crippen LogP contribution < -0.4 is 5.32 Å². The monoisotopic (exact) mass is 326 g/mol. The maximum Gasteiger partial charge on any atom is 0.305 e. The molecule has 0 atom stereocenters. The number of carbonyl (C=O) groups excluding carboxylic acids is 2. The number of rotatable bonds is 4. The molecule has 124 valence electrons. The Kier molecular flexibility index (Phi) is 4.16. The van der Waals surface area contributed by atoms with Crippen LogP contribution in [-0.4, -0.2) is 33.9 Å². The lowest BCUT2D eigenvalue weighted by Crippen LogP contribution is -2.04. The summed E-state index contributed by atoms with van der Waals surface area (Å²) in [6.45, 7) is 3.73. The van der Waals surface area contributed by atoms with Crippen LogP contribution in [0.15, 0.2) is 12.4 Å². The van der Waals surface area contributed by atoms with Gasteiger partial charge in [-0.05, 0) is 37.5 Å². The van der Waals surface area contributed by atoms with E-state index in [1.807, 2.05) is 13.1 Å². The lowest BCUT2D eigenvalue weighted by Gasteiger charge is -2.01. The van der Waals surface area contributed by atoms with Crippen LogP contribution in [0.25, 0.3) is 11.6 Å². The van der Waals surface area contributed by atoms with E-state index in [0.29, 0.717) is 35.6 Å². The summed E-state index contributed by atoms with van der Waals surface area (Å²) in [6.07, 6.45) is 6.20. The Morgan fingerprint density at radius 3 is 2.92 bits per heavy atom. The first-order valence-electron chi connectivity index (χ1n) is 7.60. The molecule has 2 N–H and O–H groups in total. The van der Waals surface area contributed by atoms with E-state index in [2.05, 4.69) is 25.0 Å². The normalized spacial score (nSPS) is 14.6. The standard InChI is InChI=1S/C17H18N4O3/c1-9-11(4-5-15(22)24-3)7-19-14(9)6-12-13-8-18-10(2)20-16(13)21-17(12)23/h6-8,19H,4-5H2,1-3H3,(H,18,20,21,23). The zero-order valence-electron chi connectivity index (χ0n) is 13.8. The number of nitrogens with zero attached hydrogens (tertiary/aromatic N) is 2. The summed E-state index contributed by atoms with van der Waals surface area (Å²) in [7, 11) is 1.38. The van der Waals surface area contributed by atoms with Gasteiger partial charge in [-0.15, -0.1) is 0 Å². The first-order chi connectivity index (χ1) is 11.5. The molecule has 1 amide bonds. The van der Waals surface area contributed by atoms with Crippen LogP contribution in [-0.2, 0) is 20.7 Å². The van der Waals surface area contributed by atoms with Gasteiger partial charge in [-0.1, -0.05) is 0 Å². The summed E-state index contributed by atoms with van der Waals surface area (Å²) in [5, 5.41) is 2.75. The number of fused-ring (bicyclic) bond motifs is 1. The van der Waals surface area contributed by atoms with E-state index in [0.717, 1.165) is 16.8 Å². The minimum Gasteiger partial charge on any atom is -0.469 e. The van der Waals surface area contributed by atoms with Crippen molar-refractivity contribution in [3.8, 4) is 0 Å². The number of carbonyl (C=O) groups is 2. The molecule has 7 nitrogen and oxygen atoms in total. The van der Waals surface area contributed by atoms with Gasteiger partial charge in [0.1, 0.15) is 11.6 Å². The Bertz CT molecular complexity index is 852. The highest BCUT2D eigenvalue weighted by atomic mass is 16.5. The number of aromatic amines is 1. The third kappa shape index (κ3) is 2.92. The van der Waals surface area contributed by atoms with Crippen LogP contribution in [0.1, 0.15) is 34.6 Å². The van der Waals surface area contributed by atoms with Crippen LogP contribution in [0.5, 0.6) is 0 Å². The van der Waals surface area contributed by atoms with Crippen molar-refractivity contribution in [1.29, 1.82) is 0 Å². The van der Waals surface area contributed by atoms with Crippen molar-refractivity contribution in [3.63, 3.8) is 0 Å². The maximum absolute atomic E-state index is 12.2. The predicted molar refractivity (Wildman–Crippen MR) is 89.1 cm³/mol. The highest BCUT2D eigenvalue weighted by Crippen LogP contribution is 2.31. The van der Waals surface area contributed by atoms with Crippen molar-refractivity contribution in [3.05, 3.63) is 40.6 Å². The minimum atomic E-state index is -0.243. The second kappa shape index (κ2) is 6.27. The highest BCUT2D eigenvalue weighted by Gasteiger charge is 2.26. The zero-order valence-corrected chi connectivity index (χ0v) is 13.8. The number of anilines is 1. The molecule has 24 heavy (non-hydrogen) atoms. The first-order valence-corrected chi connectivity index (χ1v) is 7.60. The van der Waals surface area contributed by atoms with E-state index >= 15 is 0 Å². The number of esters is 1. The summed E-state index contributed by atoms with van der Waals surface area (Å²) >= 11 is 0. The molecule has 3 rings (SSSR count). The van der Waals surface area contributed by atoms with Gasteiger partial charge in [0, 0.05) is 30.1 Å². The second-order valence-corrected chi connectivity index (χ2v) is 5.62. The average Bonchev–Trinajstić information content (AvgIpc) is 3.06. The number of amides is 1. The summed E-state index contributed by atoms with van der Waals surface area (Å²) in [4.78, 5) is 35.0. The molecule has 3 heterocycles. The Morgan fingerprint density at radius 1 is 1.38 bits per heavy atom. The fourth-order valence-electron chi connectivity index (χ4n) is 2.65. The third-order valence-electron chi connectivity index (χ3n) is 4.08. The van der Waals surface area contributed by atoms with Gasteiger partial charge in [-0.25, -0.2) is 9.97 Å². The number of H-pyrrole nitrogens is 1. The third-order valence-corrected chi connectivity index (χ3v) is 4.08. The topological polar surface area (TPSA) is 97.0 Å². The molecule has 0 unspecified atom stereocenters. The molecule has 0 fully saturated rings. The van der Waals surface area contributed by atoms with Crippen LogP contribution in [0.2, 0.25) is 0 Å². The minimum absolute atomic E-state index is 0.199. The van der Waals surface area contributed by atoms with Crippen LogP contribution in [0.4, 0.5) is 5.82 Å². The first kappa shape index (κ1) is 15.9. The maximum atomic E-state index is 12.2. The summed E-state index contributed by atoms with van der Waals surface area (Å²) in [6, 6.07) is 0. The van der Waals surface area contributed by atoms with E-state index < -0.39 is 0 Å². The van der Waals surface area contributed by atoms with E-state index in [9.17, 15) is 9.59 Å². The molecule has 0 bridgehead atoms. The van der Waals surface area contributed by atoms with Gasteiger partial charge < -0.3 is 15.0 Å². The van der Waals surface area contributed by atoms with Gasteiger partial charge in [-0.2, -0.15) is 0 Å². The molecule has 7 heteroatoms. The number of methoxy groups -OCH3 is 1. The van der Waals surface area contributed by atoms with E-state index in [-0.39, 0.29) is 11.9 Å². The van der Waals surface area contributed by atoms with E-state index in [4.69, 9.17) is 0 Å². The van der Waals surface area contributed by atoms with E-state index in [1.165, 1.54) is 7.11 Å². The SMILES string of the molecule is COC(=O)CCc1c[nH]c(C=C2C(=O)Nc3nc(C)ncc32)c1C. The second-order valence-electron chi connectivity index (χ2n) is 5.62. The number of aryl methyl sites for hydroxylation is 2. The van der Waals surface area contributed by atoms with Crippen molar-refractivity contribution in [1.82, 2.24) is 15.0 Å². The van der Waals surface area contributed by atoms with Gasteiger partial charge in [0.25, 0.3) is 5.91 Å². The Morgan fingerprint density at radius 2 is 2.17 bits per heavy atom. The molecule has 2 aromatic heterocycles. The molecule has 2 aromatic rings. The average molecular weight is 326 g/mol. The largest absolute Gasteiger partial charge is 0.469 e. The quantitative estimate of drug-likeness (QED) is 0.662. The van der Waals surface area contributed by atoms with Crippen molar-refractivity contribution in [2.45, 2.75) is 26.7 Å². The molecule has 1 aliphatic heterocycles. The van der Waals surface area contributed by atoms with Gasteiger partial charge in [-0.3, -0.25) is 9.59 Å². The lowest BCUT2D eigenvalue weighted by molar-refractivity contribution is -0.140. The van der Waals surface area contributed by atoms with Gasteiger partial charge in [0.05, 0.1) is 12.7 Å². The van der Waals surface area contributed by atoms with Crippen molar-refractivity contribution < 1.29 is 14.3 Å². The fraction of sp³-hybridized carbons (Fsp3) is 0.294. The van der Waals surface area contributed by atoms with Crippen LogP contribution in [0, 0.1) is 13.8 Å². The highest BCUT2D eigenvalue weighted by molar-refractivity contribution is 6.34. The van der Waals surface area contributed by atoms with Gasteiger partial charge in [0.2, 0.25) is 0 Å². The molecule has 0 spiro atoms. The van der Waals surface area contributed by atoms with Crippen LogP contribution in [0.3, 0.4) is 0 Å². The van der Waals surface area contributed by atoms with Crippen molar-refractivity contribution >= 4 is 29.3 Å². The molecule has 0 aromatic carbocycles. The number of ether oxygens (including phenoxy) is 1. The molecule has 0 saturated carbocycles. The smallest absolute Gasteiger partial charge is 0.305 e. The van der Waals surface area contributed by atoms with Crippen molar-refractivity contribution in [2.24, 2.45) is 0 Å². The number of hydrogen-bond donors (Lipinski definition) is 2. The fourth-order valence-corrected chi connectivity index (χ4v) is 2.65. The van der Waals surface area contributed by atoms with Crippen LogP contribution >= 0.6 is 0 Å². The van der Waals surface area contributed by atoms with Gasteiger partial charge >= 0.3 is 5.97 Å². The van der Waals surface area contributed by atoms with E-state index in [1.54, 1.807) is 19.2 Å². The molecular formula is C17H18N4O3. The summed E-state index contributed by atoms with van der Waals surface area (Å²) < 4.78 is 4.66. The number of aromatic nitrogens is 3. The number of nitrogens with one attached hydrogen (secondary N) is 2. The zero-order chi connectivity index (χ0) is 17.3. The molecule has 0 aliphatic carbocycles. The lowest BCUT2D eigenvalue weighted by atomic mass is 10.0. The Hall–Kier alpha value is -2.96. The molecule has 0 radical (unpaired) electrons. The van der Waals surface area contributed by atoms with Crippen molar-refractivity contribution in [2.75, 3.05) is 12.4 Å². The summed E-state index contributed by atoms with van der Waals surface area (Å²) in [5.41, 5.74) is 4.06. The summed E-state index contributed by atoms with van der Waals surface area (Å²) in [5.74, 6) is 0.701. The Labute approximate surface area is 139 Å². The molecular weight excluding hydrogens is 308 g/mol. The Balaban J connectivity index is 1.89. The van der Waals surface area contributed by atoms with Gasteiger partial charge in [0.15, 0.2) is 0 Å². The predicted octanol–water partition coefficient (Wildman–Crippen LogP) is 2.02. The molecule has 0 saturated heterocycles. The molecule has 1 aliphatic rings.